The molecule has 0 bridgehead atoms. The molecular weight excluding hydrogens is 738 g/mol. The van der Waals surface area contributed by atoms with Crippen molar-refractivity contribution in [3.63, 3.8) is 0 Å². The van der Waals surface area contributed by atoms with Crippen molar-refractivity contribution >= 4 is 5.97 Å². The van der Waals surface area contributed by atoms with Gasteiger partial charge in [0.25, 0.3) is 5.97 Å². The van der Waals surface area contributed by atoms with Crippen LogP contribution in [-0.2, 0) is 31.4 Å². The van der Waals surface area contributed by atoms with Crippen molar-refractivity contribution < 1.29 is 49.2 Å². The Morgan fingerprint density at radius 2 is 1.52 bits per heavy atom. The van der Waals surface area contributed by atoms with Crippen LogP contribution in [0.25, 0.3) is 28.2 Å². The zero-order chi connectivity index (χ0) is 32.4. The zero-order valence-corrected chi connectivity index (χ0v) is 29.4. The molecule has 0 saturated carbocycles. The number of hydrogen-bond acceptors (Lipinski definition) is 4. The summed E-state index contributed by atoms with van der Waals surface area (Å²) in [4.78, 5) is 13.9. The monoisotopic (exact) mass is 783 g/mol. The quantitative estimate of drug-likeness (QED) is 0.106. The van der Waals surface area contributed by atoms with E-state index in [4.69, 9.17) is 25.1 Å². The van der Waals surface area contributed by atoms with Crippen LogP contribution in [0, 0.1) is 18.2 Å². The molecule has 0 fully saturated rings. The SMILES string of the molecule is CC(=O)O.CC(O)O.CC[n+]1[c-]n(-c2cc(-c3c(C(C)C)cc(C(C)C)cc3C(C)C)cc(-c3[c-]cc(F)cc3)n2)cc1.[Ir]. The zero-order valence-electron chi connectivity index (χ0n) is 27.0. The van der Waals surface area contributed by atoms with Crippen LogP contribution < -0.4 is 4.57 Å². The van der Waals surface area contributed by atoms with Gasteiger partial charge in [-0.1, -0.05) is 59.7 Å². The van der Waals surface area contributed by atoms with Crippen molar-refractivity contribution in [3.05, 3.63) is 89.8 Å². The van der Waals surface area contributed by atoms with Gasteiger partial charge in [0.2, 0.25) is 6.33 Å². The molecule has 0 aliphatic carbocycles. The molecule has 0 saturated heterocycles. The molecule has 0 unspecified atom stereocenters. The number of aliphatic hydroxyl groups is 2. The van der Waals surface area contributed by atoms with Gasteiger partial charge in [0.05, 0.1) is 6.54 Å². The smallest absolute Gasteiger partial charge is 0.300 e. The minimum Gasteiger partial charge on any atom is -0.481 e. The number of aliphatic carboxylic acids is 1. The number of halogens is 1. The Labute approximate surface area is 274 Å². The van der Waals surface area contributed by atoms with E-state index < -0.39 is 12.3 Å². The topological polar surface area (TPSA) is 99.5 Å². The molecule has 2 aromatic heterocycles. The van der Waals surface area contributed by atoms with Gasteiger partial charge in [0.15, 0.2) is 0 Å². The predicted molar refractivity (Wildman–Crippen MR) is 167 cm³/mol. The van der Waals surface area contributed by atoms with Gasteiger partial charge in [-0.3, -0.25) is 9.18 Å². The number of pyridine rings is 1. The summed E-state index contributed by atoms with van der Waals surface area (Å²) in [5.41, 5.74) is 7.95. The van der Waals surface area contributed by atoms with Crippen LogP contribution in [0.4, 0.5) is 4.39 Å². The molecule has 4 rings (SSSR count). The number of carboxylic acid groups (broad SMARTS) is 1. The Balaban J connectivity index is 0.000000962. The van der Waals surface area contributed by atoms with Crippen LogP contribution in [0.1, 0.15) is 96.8 Å². The summed E-state index contributed by atoms with van der Waals surface area (Å²) in [6.45, 7) is 18.8. The number of aliphatic hydroxyl groups excluding tert-OH is 1. The maximum atomic E-state index is 13.7. The molecule has 1 radical (unpaired) electrons. The van der Waals surface area contributed by atoms with Crippen molar-refractivity contribution in [1.29, 1.82) is 0 Å². The van der Waals surface area contributed by atoms with Gasteiger partial charge in [-0.15, -0.1) is 29.8 Å². The molecule has 3 N–H and O–H groups in total. The largest absolute Gasteiger partial charge is 0.481 e. The molecule has 0 atom stereocenters. The fourth-order valence-electron chi connectivity index (χ4n) is 4.43. The van der Waals surface area contributed by atoms with Crippen LogP contribution in [0.3, 0.4) is 0 Å². The molecule has 9 heteroatoms. The van der Waals surface area contributed by atoms with Gasteiger partial charge in [-0.05, 0) is 71.2 Å². The molecule has 44 heavy (non-hydrogen) atoms. The predicted octanol–water partition coefficient (Wildman–Crippen LogP) is 7.03. The molecule has 0 spiro atoms. The Hall–Kier alpha value is -3.23. The third-order valence-corrected chi connectivity index (χ3v) is 6.50. The average molecular weight is 783 g/mol. The summed E-state index contributed by atoms with van der Waals surface area (Å²) in [7, 11) is 0. The molecular formula is C35H45FIrN3O4-. The fraction of sp³-hybridized carbons (Fsp3) is 0.400. The second kappa shape index (κ2) is 17.9. The van der Waals surface area contributed by atoms with Gasteiger partial charge in [0.1, 0.15) is 12.1 Å². The van der Waals surface area contributed by atoms with E-state index in [0.29, 0.717) is 17.8 Å². The van der Waals surface area contributed by atoms with Crippen molar-refractivity contribution in [2.75, 3.05) is 0 Å². The van der Waals surface area contributed by atoms with Crippen LogP contribution in [0.15, 0.2) is 54.9 Å². The van der Waals surface area contributed by atoms with Gasteiger partial charge in [-0.2, -0.15) is 0 Å². The van der Waals surface area contributed by atoms with Crippen LogP contribution >= 0.6 is 0 Å². The maximum Gasteiger partial charge on any atom is 0.300 e. The summed E-state index contributed by atoms with van der Waals surface area (Å²) in [5.74, 6) is 0.814. The number of nitrogens with zero attached hydrogens (tertiary/aromatic N) is 3. The summed E-state index contributed by atoms with van der Waals surface area (Å²) < 4.78 is 17.6. The number of aromatic nitrogens is 3. The first-order valence-corrected chi connectivity index (χ1v) is 14.6. The molecule has 2 heterocycles. The molecule has 0 amide bonds. The molecule has 4 aromatic rings. The second-order valence-corrected chi connectivity index (χ2v) is 11.3. The fourth-order valence-corrected chi connectivity index (χ4v) is 4.43. The molecule has 7 nitrogen and oxygen atoms in total. The van der Waals surface area contributed by atoms with E-state index in [2.05, 4.69) is 85.1 Å². The van der Waals surface area contributed by atoms with E-state index in [1.165, 1.54) is 41.3 Å². The van der Waals surface area contributed by atoms with Crippen LogP contribution in [0.5, 0.6) is 0 Å². The minimum absolute atomic E-state index is 0. The minimum atomic E-state index is -1.17. The number of imidazole rings is 1. The average Bonchev–Trinajstić information content (AvgIpc) is 3.41. The van der Waals surface area contributed by atoms with E-state index in [1.54, 1.807) is 6.07 Å². The Bertz CT molecular complexity index is 1450. The summed E-state index contributed by atoms with van der Waals surface area (Å²) in [6, 6.07) is 16.6. The summed E-state index contributed by atoms with van der Waals surface area (Å²) in [5, 5.41) is 22.6. The Morgan fingerprint density at radius 1 is 0.977 bits per heavy atom. The van der Waals surface area contributed by atoms with E-state index in [1.807, 2.05) is 21.5 Å². The van der Waals surface area contributed by atoms with Gasteiger partial charge in [-0.25, -0.2) is 0 Å². The first-order chi connectivity index (χ1) is 20.1. The number of aryl methyl sites for hydroxylation is 1. The first-order valence-electron chi connectivity index (χ1n) is 14.6. The maximum absolute atomic E-state index is 13.7. The van der Waals surface area contributed by atoms with Crippen molar-refractivity contribution in [3.8, 4) is 28.2 Å². The Kier molecular flexibility index (Phi) is 15.8. The van der Waals surface area contributed by atoms with E-state index in [0.717, 1.165) is 36.1 Å². The number of rotatable bonds is 7. The van der Waals surface area contributed by atoms with E-state index >= 15 is 0 Å². The number of benzene rings is 2. The normalized spacial score (nSPS) is 10.7. The van der Waals surface area contributed by atoms with Gasteiger partial charge >= 0.3 is 0 Å². The van der Waals surface area contributed by atoms with Crippen molar-refractivity contribution in [2.24, 2.45) is 0 Å². The summed E-state index contributed by atoms with van der Waals surface area (Å²) in [6.07, 6.45) is 6.15. The molecule has 2 aromatic carbocycles. The van der Waals surface area contributed by atoms with E-state index in [-0.39, 0.29) is 25.9 Å². The number of carbonyl (C=O) groups is 1. The van der Waals surface area contributed by atoms with E-state index in [9.17, 15) is 4.39 Å². The Morgan fingerprint density at radius 3 is 1.93 bits per heavy atom. The number of hydrogen-bond donors (Lipinski definition) is 3. The van der Waals surface area contributed by atoms with Crippen LogP contribution in [0.2, 0.25) is 0 Å². The number of carboxylic acids is 1. The third kappa shape index (κ3) is 11.4. The van der Waals surface area contributed by atoms with Gasteiger partial charge < -0.3 is 29.4 Å². The van der Waals surface area contributed by atoms with Crippen molar-refractivity contribution in [2.45, 2.75) is 92.9 Å². The molecule has 0 aliphatic heterocycles. The molecule has 0 aliphatic rings. The molecule has 241 valence electrons. The van der Waals surface area contributed by atoms with Crippen molar-refractivity contribution in [1.82, 2.24) is 9.55 Å². The first kappa shape index (κ1) is 38.8. The van der Waals surface area contributed by atoms with Crippen LogP contribution in [-0.4, -0.2) is 37.1 Å². The third-order valence-electron chi connectivity index (χ3n) is 6.50. The second-order valence-electron chi connectivity index (χ2n) is 11.3. The van der Waals surface area contributed by atoms with Gasteiger partial charge in [0, 0.05) is 45.2 Å². The summed E-state index contributed by atoms with van der Waals surface area (Å²) >= 11 is 0. The standard InChI is InChI=1S/C31H35FN3.C2H6O2.C2H4O2.Ir/c1-8-34-13-14-35(19-34)30-18-25(17-29(33-30)23-9-11-26(32)12-10-23)31-27(21(4)5)15-24(20(2)3)16-28(31)22(6)7;2*1-2(3)4;/h9,11-18,20-22H,8H2,1-7H3;2-4H,1H3;1H3,(H,3,4);/q-1;;;.